The minimum Gasteiger partial charge on any atom is -0.478 e. The molecular formula is C21H23FeN3O7. The van der Waals surface area contributed by atoms with Crippen LogP contribution in [0.15, 0.2) is 72.8 Å². The summed E-state index contributed by atoms with van der Waals surface area (Å²) in [5.41, 5.74) is 18.1. The molecule has 0 aliphatic heterocycles. The van der Waals surface area contributed by atoms with Gasteiger partial charge < -0.3 is 38.0 Å². The third-order valence-electron chi connectivity index (χ3n) is 3.40. The van der Waals surface area contributed by atoms with E-state index >= 15 is 0 Å². The van der Waals surface area contributed by atoms with E-state index in [1.54, 1.807) is 36.4 Å². The molecule has 0 aliphatic carbocycles. The second-order valence-electron chi connectivity index (χ2n) is 5.79. The molecule has 0 heterocycles. The Bertz CT molecular complexity index is 913. The number of nitrogens with two attached hydrogens (primary N) is 3. The van der Waals surface area contributed by atoms with E-state index in [1.807, 2.05) is 0 Å². The van der Waals surface area contributed by atoms with Crippen LogP contribution < -0.4 is 17.2 Å². The maximum Gasteiger partial charge on any atom is 0.335 e. The summed E-state index contributed by atoms with van der Waals surface area (Å²) in [6.07, 6.45) is 0. The van der Waals surface area contributed by atoms with Crippen LogP contribution in [-0.2, 0) is 17.1 Å². The Balaban J connectivity index is 0. The van der Waals surface area contributed by atoms with Crippen molar-refractivity contribution in [3.8, 4) is 0 Å². The van der Waals surface area contributed by atoms with Crippen LogP contribution in [0, 0.1) is 0 Å². The maximum absolute atomic E-state index is 10.3. The Morgan fingerprint density at radius 1 is 0.531 bits per heavy atom. The monoisotopic (exact) mass is 485 g/mol. The van der Waals surface area contributed by atoms with Crippen molar-refractivity contribution in [1.82, 2.24) is 0 Å². The van der Waals surface area contributed by atoms with Gasteiger partial charge in [0.25, 0.3) is 0 Å². The van der Waals surface area contributed by atoms with Crippen LogP contribution >= 0.6 is 0 Å². The zero-order valence-electron chi connectivity index (χ0n) is 16.6. The topological polar surface area (TPSA) is 221 Å². The summed E-state index contributed by atoms with van der Waals surface area (Å²) >= 11 is 0. The van der Waals surface area contributed by atoms with Crippen molar-refractivity contribution >= 4 is 35.0 Å². The molecule has 3 aromatic rings. The molecule has 0 amide bonds. The number of hydrogen-bond acceptors (Lipinski definition) is 6. The van der Waals surface area contributed by atoms with Crippen molar-refractivity contribution in [2.24, 2.45) is 0 Å². The summed E-state index contributed by atoms with van der Waals surface area (Å²) in [5.74, 6) is -2.85. The molecule has 3 aromatic carbocycles. The Hall–Kier alpha value is -4.05. The molecule has 0 saturated heterocycles. The van der Waals surface area contributed by atoms with Gasteiger partial charge in [0.2, 0.25) is 0 Å². The van der Waals surface area contributed by atoms with E-state index in [9.17, 15) is 14.4 Å². The molecule has 172 valence electrons. The van der Waals surface area contributed by atoms with E-state index in [-0.39, 0.29) is 39.2 Å². The first-order chi connectivity index (χ1) is 14.1. The van der Waals surface area contributed by atoms with Crippen LogP contribution in [0.25, 0.3) is 0 Å². The van der Waals surface area contributed by atoms with Crippen molar-refractivity contribution in [2.45, 2.75) is 0 Å². The van der Waals surface area contributed by atoms with Crippen LogP contribution in [0.2, 0.25) is 0 Å². The van der Waals surface area contributed by atoms with Crippen molar-refractivity contribution < 1.29 is 52.2 Å². The van der Waals surface area contributed by atoms with E-state index in [0.29, 0.717) is 17.1 Å². The molecule has 0 spiro atoms. The van der Waals surface area contributed by atoms with Crippen molar-refractivity contribution in [3.63, 3.8) is 0 Å². The van der Waals surface area contributed by atoms with Crippen molar-refractivity contribution in [1.29, 1.82) is 0 Å². The fraction of sp³-hybridized carbons (Fsp3) is 0. The van der Waals surface area contributed by atoms with Gasteiger partial charge >= 0.3 is 17.9 Å². The molecule has 0 unspecified atom stereocenters. The summed E-state index contributed by atoms with van der Waals surface area (Å²) in [7, 11) is 0. The summed E-state index contributed by atoms with van der Waals surface area (Å²) in [4.78, 5) is 30.9. The summed E-state index contributed by atoms with van der Waals surface area (Å²) < 4.78 is 0. The van der Waals surface area contributed by atoms with E-state index in [0.717, 1.165) is 0 Å². The molecule has 3 rings (SSSR count). The van der Waals surface area contributed by atoms with Gasteiger partial charge in [-0.2, -0.15) is 0 Å². The number of carbonyl (C=O) groups is 3. The first-order valence-corrected chi connectivity index (χ1v) is 8.36. The van der Waals surface area contributed by atoms with Crippen LogP contribution in [-0.4, -0.2) is 38.7 Å². The average Bonchev–Trinajstić information content (AvgIpc) is 2.69. The predicted molar refractivity (Wildman–Crippen MR) is 117 cm³/mol. The number of carboxylic acid groups (broad SMARTS) is 3. The maximum atomic E-state index is 10.3. The van der Waals surface area contributed by atoms with Crippen molar-refractivity contribution in [3.05, 3.63) is 89.5 Å². The quantitative estimate of drug-likeness (QED) is 0.236. The second-order valence-corrected chi connectivity index (χ2v) is 5.79. The summed E-state index contributed by atoms with van der Waals surface area (Å²) in [5, 5.41) is 25.4. The van der Waals surface area contributed by atoms with Gasteiger partial charge in [0.15, 0.2) is 0 Å². The molecule has 0 radical (unpaired) electrons. The number of rotatable bonds is 3. The number of aromatic carboxylic acids is 3. The summed E-state index contributed by atoms with van der Waals surface area (Å²) in [6.45, 7) is 0. The van der Waals surface area contributed by atoms with Gasteiger partial charge in [0.1, 0.15) is 0 Å². The fourth-order valence-electron chi connectivity index (χ4n) is 2.02. The Morgan fingerprint density at radius 2 is 0.750 bits per heavy atom. The molecule has 11 heteroatoms. The van der Waals surface area contributed by atoms with Gasteiger partial charge in [-0.25, -0.2) is 14.4 Å². The number of benzene rings is 3. The minimum absolute atomic E-state index is 0. The molecule has 0 saturated carbocycles. The molecule has 0 aliphatic rings. The SMILES string of the molecule is Nc1cccc(C(=O)O)c1.Nc1cccc(C(=O)O)c1.Nc1cccc(C(=O)O)c1.O.[Fe]. The normalized spacial score (nSPS) is 8.62. The molecule has 0 atom stereocenters. The molecule has 10 nitrogen and oxygen atoms in total. The fourth-order valence-corrected chi connectivity index (χ4v) is 2.02. The average molecular weight is 485 g/mol. The molecule has 0 aromatic heterocycles. The molecule has 11 N–H and O–H groups in total. The number of nitrogen functional groups attached to an aromatic ring is 3. The van der Waals surface area contributed by atoms with Crippen LogP contribution in [0.1, 0.15) is 31.1 Å². The van der Waals surface area contributed by atoms with E-state index < -0.39 is 17.9 Å². The van der Waals surface area contributed by atoms with Crippen LogP contribution in [0.3, 0.4) is 0 Å². The van der Waals surface area contributed by atoms with Gasteiger partial charge in [-0.1, -0.05) is 18.2 Å². The Kier molecular flexibility index (Phi) is 14.0. The summed E-state index contributed by atoms with van der Waals surface area (Å²) in [6, 6.07) is 18.5. The first-order valence-electron chi connectivity index (χ1n) is 8.36. The van der Waals surface area contributed by atoms with Gasteiger partial charge in [0, 0.05) is 34.1 Å². The number of hydrogen-bond donors (Lipinski definition) is 6. The molecule has 0 bridgehead atoms. The van der Waals surface area contributed by atoms with Crippen molar-refractivity contribution in [2.75, 3.05) is 17.2 Å². The van der Waals surface area contributed by atoms with Gasteiger partial charge in [-0.3, -0.25) is 0 Å². The van der Waals surface area contributed by atoms with Gasteiger partial charge in [0.05, 0.1) is 16.7 Å². The minimum atomic E-state index is -0.952. The zero-order chi connectivity index (χ0) is 22.7. The number of carboxylic acids is 3. The molecule has 32 heavy (non-hydrogen) atoms. The molecule has 0 fully saturated rings. The largest absolute Gasteiger partial charge is 0.478 e. The molecular weight excluding hydrogens is 462 g/mol. The number of anilines is 3. The Morgan fingerprint density at radius 3 is 0.875 bits per heavy atom. The van der Waals surface area contributed by atoms with E-state index in [4.69, 9.17) is 32.5 Å². The van der Waals surface area contributed by atoms with E-state index in [2.05, 4.69) is 0 Å². The standard InChI is InChI=1S/3C7H7NO2.Fe.H2O/c3*8-6-3-1-2-5(4-6)7(9)10;;/h3*1-4H,8H2,(H,9,10);;1H2. The van der Waals surface area contributed by atoms with Crippen LogP contribution in [0.4, 0.5) is 17.1 Å². The van der Waals surface area contributed by atoms with Gasteiger partial charge in [-0.05, 0) is 54.6 Å². The van der Waals surface area contributed by atoms with Crippen LogP contribution in [0.5, 0.6) is 0 Å². The third-order valence-corrected chi connectivity index (χ3v) is 3.40. The zero-order valence-corrected chi connectivity index (χ0v) is 17.7. The van der Waals surface area contributed by atoms with Gasteiger partial charge in [-0.15, -0.1) is 0 Å². The predicted octanol–water partition coefficient (Wildman–Crippen LogP) is 2.07. The second kappa shape index (κ2) is 14.9. The third kappa shape index (κ3) is 11.2. The van der Waals surface area contributed by atoms with E-state index in [1.165, 1.54) is 36.4 Å². The first kappa shape index (κ1) is 30.1. The Labute approximate surface area is 194 Å². The smallest absolute Gasteiger partial charge is 0.335 e.